The summed E-state index contributed by atoms with van der Waals surface area (Å²) in [5.41, 5.74) is 0.690. The van der Waals surface area contributed by atoms with E-state index in [4.69, 9.17) is 18.9 Å². The van der Waals surface area contributed by atoms with Crippen LogP contribution in [0, 0.1) is 10.1 Å². The summed E-state index contributed by atoms with van der Waals surface area (Å²) in [6.07, 6.45) is 1.43. The zero-order chi connectivity index (χ0) is 19.9. The summed E-state index contributed by atoms with van der Waals surface area (Å²) in [6.45, 7) is 0.319. The van der Waals surface area contributed by atoms with E-state index in [1.807, 2.05) is 12.1 Å². The Hall–Kier alpha value is -3.81. The first-order valence-electron chi connectivity index (χ1n) is 8.31. The van der Waals surface area contributed by atoms with E-state index in [1.165, 1.54) is 18.3 Å². The monoisotopic (exact) mass is 382 g/mol. The Morgan fingerprint density at radius 3 is 2.18 bits per heavy atom. The number of aromatic nitrogens is 1. The van der Waals surface area contributed by atoms with Crippen LogP contribution in [0.1, 0.15) is 5.56 Å². The fraction of sp³-hybridized carbons (Fsp3) is 0.150. The van der Waals surface area contributed by atoms with E-state index in [9.17, 15) is 10.1 Å². The molecule has 0 saturated heterocycles. The van der Waals surface area contributed by atoms with Crippen molar-refractivity contribution in [1.82, 2.24) is 4.98 Å². The Kier molecular flexibility index (Phi) is 5.91. The second-order valence-corrected chi connectivity index (χ2v) is 5.67. The molecule has 8 nitrogen and oxygen atoms in total. The number of rotatable bonds is 8. The number of ether oxygens (including phenoxy) is 4. The molecular formula is C20H18N2O6. The van der Waals surface area contributed by atoms with Crippen molar-refractivity contribution >= 4 is 5.69 Å². The molecule has 1 heterocycles. The lowest BCUT2D eigenvalue weighted by Gasteiger charge is -2.10. The highest BCUT2D eigenvalue weighted by molar-refractivity contribution is 5.43. The molecule has 0 atom stereocenters. The molecule has 0 bridgehead atoms. The highest BCUT2D eigenvalue weighted by Crippen LogP contribution is 2.30. The molecule has 0 amide bonds. The summed E-state index contributed by atoms with van der Waals surface area (Å²) in [6, 6.07) is 15.0. The van der Waals surface area contributed by atoms with Crippen LogP contribution in [-0.2, 0) is 6.61 Å². The summed E-state index contributed by atoms with van der Waals surface area (Å²) in [4.78, 5) is 14.4. The molecule has 8 heteroatoms. The Morgan fingerprint density at radius 1 is 0.929 bits per heavy atom. The number of methoxy groups -OCH3 is 2. The van der Waals surface area contributed by atoms with Gasteiger partial charge in [-0.15, -0.1) is 0 Å². The van der Waals surface area contributed by atoms with Crippen molar-refractivity contribution in [1.29, 1.82) is 0 Å². The van der Waals surface area contributed by atoms with Crippen molar-refractivity contribution in [3.63, 3.8) is 0 Å². The quantitative estimate of drug-likeness (QED) is 0.422. The van der Waals surface area contributed by atoms with Gasteiger partial charge < -0.3 is 18.9 Å². The highest BCUT2D eigenvalue weighted by atomic mass is 16.6. The van der Waals surface area contributed by atoms with Gasteiger partial charge in [0.05, 0.1) is 19.1 Å². The molecule has 0 N–H and O–H groups in total. The average molecular weight is 382 g/mol. The third-order valence-electron chi connectivity index (χ3n) is 3.80. The third-order valence-corrected chi connectivity index (χ3v) is 3.80. The van der Waals surface area contributed by atoms with Gasteiger partial charge in [0.2, 0.25) is 0 Å². The van der Waals surface area contributed by atoms with Crippen LogP contribution in [-0.4, -0.2) is 24.1 Å². The average Bonchev–Trinajstić information content (AvgIpc) is 2.73. The number of hydrogen-bond acceptors (Lipinski definition) is 7. The summed E-state index contributed by atoms with van der Waals surface area (Å²) >= 11 is 0. The van der Waals surface area contributed by atoms with Crippen molar-refractivity contribution in [2.75, 3.05) is 14.2 Å². The lowest BCUT2D eigenvalue weighted by atomic mass is 10.2. The molecule has 0 aliphatic heterocycles. The maximum atomic E-state index is 11.0. The van der Waals surface area contributed by atoms with Crippen molar-refractivity contribution in [3.8, 4) is 28.9 Å². The summed E-state index contributed by atoms with van der Waals surface area (Å²) in [5.74, 6) is 2.32. The van der Waals surface area contributed by atoms with E-state index in [0.29, 0.717) is 29.6 Å². The fourth-order valence-corrected chi connectivity index (χ4v) is 2.43. The van der Waals surface area contributed by atoms with Crippen LogP contribution in [0.15, 0.2) is 60.8 Å². The predicted molar refractivity (Wildman–Crippen MR) is 101 cm³/mol. The van der Waals surface area contributed by atoms with E-state index >= 15 is 0 Å². The molecule has 1 aromatic heterocycles. The molecule has 2 aromatic carbocycles. The minimum absolute atomic E-state index is 0.0651. The van der Waals surface area contributed by atoms with Crippen LogP contribution < -0.4 is 18.9 Å². The van der Waals surface area contributed by atoms with Crippen LogP contribution >= 0.6 is 0 Å². The zero-order valence-corrected chi connectivity index (χ0v) is 15.3. The molecule has 0 spiro atoms. The second kappa shape index (κ2) is 8.72. The van der Waals surface area contributed by atoms with Gasteiger partial charge in [-0.1, -0.05) is 0 Å². The number of benzene rings is 2. The molecule has 0 aliphatic carbocycles. The maximum Gasteiger partial charge on any atom is 0.331 e. The van der Waals surface area contributed by atoms with Gasteiger partial charge in [0.1, 0.15) is 29.6 Å². The Morgan fingerprint density at radius 2 is 1.57 bits per heavy atom. The maximum absolute atomic E-state index is 11.0. The molecule has 3 rings (SSSR count). The molecule has 0 unspecified atom stereocenters. The van der Waals surface area contributed by atoms with Gasteiger partial charge in [-0.25, -0.2) is 4.98 Å². The lowest BCUT2D eigenvalue weighted by molar-refractivity contribution is -0.386. The highest BCUT2D eigenvalue weighted by Gasteiger charge is 2.16. The Bertz CT molecular complexity index is 937. The van der Waals surface area contributed by atoms with E-state index in [0.717, 1.165) is 5.56 Å². The normalized spacial score (nSPS) is 10.2. The first-order valence-corrected chi connectivity index (χ1v) is 8.31. The number of hydrogen-bond donors (Lipinski definition) is 0. The molecule has 0 fully saturated rings. The van der Waals surface area contributed by atoms with Crippen molar-refractivity contribution in [2.45, 2.75) is 6.61 Å². The summed E-state index contributed by atoms with van der Waals surface area (Å²) < 4.78 is 21.8. The van der Waals surface area contributed by atoms with Crippen LogP contribution in [0.2, 0.25) is 0 Å². The Labute approximate surface area is 161 Å². The van der Waals surface area contributed by atoms with Crippen LogP contribution in [0.3, 0.4) is 0 Å². The molecule has 28 heavy (non-hydrogen) atoms. The number of pyridine rings is 1. The number of nitrogens with zero attached hydrogens (tertiary/aromatic N) is 2. The molecular weight excluding hydrogens is 364 g/mol. The second-order valence-electron chi connectivity index (χ2n) is 5.67. The van der Waals surface area contributed by atoms with Crippen molar-refractivity contribution < 1.29 is 23.9 Å². The topological polar surface area (TPSA) is 93.0 Å². The Balaban J connectivity index is 1.66. The third kappa shape index (κ3) is 4.67. The van der Waals surface area contributed by atoms with Gasteiger partial charge in [-0.2, -0.15) is 0 Å². The first kappa shape index (κ1) is 19.0. The first-order chi connectivity index (χ1) is 13.6. The van der Waals surface area contributed by atoms with E-state index < -0.39 is 4.92 Å². The van der Waals surface area contributed by atoms with E-state index in [-0.39, 0.29) is 11.6 Å². The summed E-state index contributed by atoms with van der Waals surface area (Å²) in [7, 11) is 3.17. The lowest BCUT2D eigenvalue weighted by Crippen LogP contribution is -1.98. The predicted octanol–water partition coefficient (Wildman–Crippen LogP) is 4.38. The van der Waals surface area contributed by atoms with E-state index in [1.54, 1.807) is 44.6 Å². The van der Waals surface area contributed by atoms with E-state index in [2.05, 4.69) is 4.98 Å². The SMILES string of the molecule is COc1cc(COc2ccc(Oc3ncccc3[N+](=O)[O-])cc2)cc(OC)c1. The van der Waals surface area contributed by atoms with Crippen molar-refractivity contribution in [3.05, 3.63) is 76.5 Å². The van der Waals surface area contributed by atoms with Crippen molar-refractivity contribution in [2.24, 2.45) is 0 Å². The van der Waals surface area contributed by atoms with Crippen LogP contribution in [0.4, 0.5) is 5.69 Å². The van der Waals surface area contributed by atoms with Gasteiger partial charge in [0.15, 0.2) is 0 Å². The molecule has 3 aromatic rings. The largest absolute Gasteiger partial charge is 0.497 e. The fourth-order valence-electron chi connectivity index (χ4n) is 2.43. The van der Waals surface area contributed by atoms with Gasteiger partial charge in [-0.3, -0.25) is 10.1 Å². The zero-order valence-electron chi connectivity index (χ0n) is 15.3. The summed E-state index contributed by atoms with van der Waals surface area (Å²) in [5, 5.41) is 11.0. The molecule has 144 valence electrons. The smallest absolute Gasteiger partial charge is 0.331 e. The van der Waals surface area contributed by atoms with Crippen LogP contribution in [0.25, 0.3) is 0 Å². The van der Waals surface area contributed by atoms with Gasteiger partial charge >= 0.3 is 5.69 Å². The molecule has 0 saturated carbocycles. The van der Waals surface area contributed by atoms with Crippen LogP contribution in [0.5, 0.6) is 28.9 Å². The molecule has 0 radical (unpaired) electrons. The minimum Gasteiger partial charge on any atom is -0.497 e. The number of nitro groups is 1. The molecule has 0 aliphatic rings. The standard InChI is InChI=1S/C20H18N2O6/c1-25-17-10-14(11-18(12-17)26-2)13-27-15-5-7-16(8-6-15)28-20-19(22(23)24)4-3-9-21-20/h3-12H,13H2,1-2H3. The van der Waals surface area contributed by atoms with Gasteiger partial charge in [-0.05, 0) is 48.0 Å². The van der Waals surface area contributed by atoms with Gasteiger partial charge in [0.25, 0.3) is 5.88 Å². The minimum atomic E-state index is -0.539. The van der Waals surface area contributed by atoms with Gasteiger partial charge in [0, 0.05) is 18.3 Å².